The van der Waals surface area contributed by atoms with Crippen molar-refractivity contribution >= 4 is 29.2 Å². The van der Waals surface area contributed by atoms with Gasteiger partial charge in [0.05, 0.1) is 25.7 Å². The summed E-state index contributed by atoms with van der Waals surface area (Å²) in [6.45, 7) is 2.13. The Morgan fingerprint density at radius 3 is 2.46 bits per heavy atom. The molecule has 1 aliphatic heterocycles. The van der Waals surface area contributed by atoms with E-state index in [4.69, 9.17) is 9.47 Å². The van der Waals surface area contributed by atoms with Crippen molar-refractivity contribution in [3.8, 4) is 5.75 Å². The number of nitrogens with one attached hydrogen (secondary N) is 1. The summed E-state index contributed by atoms with van der Waals surface area (Å²) >= 11 is 0. The van der Waals surface area contributed by atoms with E-state index in [9.17, 15) is 14.4 Å². The van der Waals surface area contributed by atoms with Crippen LogP contribution in [0.2, 0.25) is 0 Å². The first kappa shape index (κ1) is 19.4. The Kier molecular flexibility index (Phi) is 5.63. The Hall–Kier alpha value is -3.35. The van der Waals surface area contributed by atoms with Crippen molar-refractivity contribution in [3.05, 3.63) is 53.6 Å². The highest BCUT2D eigenvalue weighted by Crippen LogP contribution is 2.28. The minimum absolute atomic E-state index is 0.106. The maximum atomic E-state index is 12.7. The van der Waals surface area contributed by atoms with Gasteiger partial charge in [-0.25, -0.2) is 4.79 Å². The molecule has 2 aromatic carbocycles. The lowest BCUT2D eigenvalue weighted by Gasteiger charge is -2.17. The Morgan fingerprint density at radius 1 is 1.11 bits per heavy atom. The van der Waals surface area contributed by atoms with E-state index in [0.29, 0.717) is 23.5 Å². The second-order valence-corrected chi connectivity index (χ2v) is 6.61. The minimum Gasteiger partial charge on any atom is -0.497 e. The monoisotopic (exact) mass is 382 g/mol. The number of carbonyl (C=O) groups excluding carboxylic acids is 3. The van der Waals surface area contributed by atoms with Gasteiger partial charge in [-0.05, 0) is 48.9 Å². The van der Waals surface area contributed by atoms with Crippen LogP contribution in [0.1, 0.15) is 22.3 Å². The maximum Gasteiger partial charge on any atom is 0.337 e. The summed E-state index contributed by atoms with van der Waals surface area (Å²) in [5, 5.41) is 2.84. The lowest BCUT2D eigenvalue weighted by Crippen LogP contribution is -2.28. The second-order valence-electron chi connectivity index (χ2n) is 6.61. The number of nitrogens with zero attached hydrogens (tertiary/aromatic N) is 1. The number of esters is 1. The molecule has 7 heteroatoms. The molecule has 7 nitrogen and oxygen atoms in total. The molecule has 0 aliphatic carbocycles. The first-order chi connectivity index (χ1) is 13.4. The van der Waals surface area contributed by atoms with Crippen LogP contribution >= 0.6 is 0 Å². The molecule has 2 amide bonds. The van der Waals surface area contributed by atoms with E-state index in [1.165, 1.54) is 7.11 Å². The first-order valence-corrected chi connectivity index (χ1v) is 8.87. The van der Waals surface area contributed by atoms with E-state index in [1.807, 2.05) is 6.92 Å². The first-order valence-electron chi connectivity index (χ1n) is 8.87. The van der Waals surface area contributed by atoms with Crippen LogP contribution in [0.5, 0.6) is 5.75 Å². The molecule has 146 valence electrons. The fraction of sp³-hybridized carbons (Fsp3) is 0.286. The molecule has 3 rings (SSSR count). The predicted octanol–water partition coefficient (Wildman–Crippen LogP) is 2.78. The maximum absolute atomic E-state index is 12.7. The third-order valence-corrected chi connectivity index (χ3v) is 4.80. The van der Waals surface area contributed by atoms with Crippen LogP contribution in [0, 0.1) is 12.8 Å². The summed E-state index contributed by atoms with van der Waals surface area (Å²) in [5.74, 6) is -0.613. The van der Waals surface area contributed by atoms with E-state index in [0.717, 1.165) is 11.3 Å². The number of amides is 2. The van der Waals surface area contributed by atoms with Crippen LogP contribution in [0.3, 0.4) is 0 Å². The minimum atomic E-state index is -0.476. The molecule has 0 aromatic heterocycles. The molecular weight excluding hydrogens is 360 g/mol. The fourth-order valence-electron chi connectivity index (χ4n) is 3.13. The molecule has 0 radical (unpaired) electrons. The lowest BCUT2D eigenvalue weighted by atomic mass is 10.1. The van der Waals surface area contributed by atoms with Gasteiger partial charge in [0, 0.05) is 24.3 Å². The third kappa shape index (κ3) is 3.98. The normalized spacial score (nSPS) is 16.0. The Balaban J connectivity index is 1.72. The zero-order valence-electron chi connectivity index (χ0n) is 16.0. The highest BCUT2D eigenvalue weighted by molar-refractivity contribution is 6.04. The summed E-state index contributed by atoms with van der Waals surface area (Å²) in [7, 11) is 2.88. The topological polar surface area (TPSA) is 84.9 Å². The van der Waals surface area contributed by atoms with Crippen molar-refractivity contribution < 1.29 is 23.9 Å². The molecule has 1 atom stereocenters. The number of benzene rings is 2. The second kappa shape index (κ2) is 8.12. The van der Waals surface area contributed by atoms with Gasteiger partial charge >= 0.3 is 5.97 Å². The summed E-state index contributed by atoms with van der Waals surface area (Å²) < 4.78 is 9.85. The molecule has 1 aliphatic rings. The number of rotatable bonds is 5. The highest BCUT2D eigenvalue weighted by Gasteiger charge is 2.35. The third-order valence-electron chi connectivity index (χ3n) is 4.80. The number of carbonyl (C=O) groups is 3. The fourth-order valence-corrected chi connectivity index (χ4v) is 3.13. The SMILES string of the molecule is COC(=O)c1ccc(C)c(NC(=O)C2CC(=O)N(c3ccc(OC)cc3)C2)c1. The van der Waals surface area contributed by atoms with Gasteiger partial charge in [-0.15, -0.1) is 0 Å². The Morgan fingerprint density at radius 2 is 1.82 bits per heavy atom. The summed E-state index contributed by atoms with van der Waals surface area (Å²) in [4.78, 5) is 38.4. The smallest absolute Gasteiger partial charge is 0.337 e. The lowest BCUT2D eigenvalue weighted by molar-refractivity contribution is -0.122. The molecule has 2 aromatic rings. The quantitative estimate of drug-likeness (QED) is 0.804. The van der Waals surface area contributed by atoms with Crippen molar-refractivity contribution in [2.75, 3.05) is 31.0 Å². The van der Waals surface area contributed by atoms with Crippen molar-refractivity contribution in [1.82, 2.24) is 0 Å². The summed E-state index contributed by atoms with van der Waals surface area (Å²) in [6.07, 6.45) is 0.133. The van der Waals surface area contributed by atoms with Crippen LogP contribution in [-0.4, -0.2) is 38.5 Å². The summed E-state index contributed by atoms with van der Waals surface area (Å²) in [5.41, 5.74) is 2.43. The van der Waals surface area contributed by atoms with E-state index in [-0.39, 0.29) is 18.2 Å². The van der Waals surface area contributed by atoms with E-state index >= 15 is 0 Å². The van der Waals surface area contributed by atoms with Gasteiger partial charge in [0.2, 0.25) is 11.8 Å². The molecule has 1 unspecified atom stereocenters. The average molecular weight is 382 g/mol. The molecule has 0 bridgehead atoms. The Labute approximate surface area is 163 Å². The largest absolute Gasteiger partial charge is 0.497 e. The molecule has 1 saturated heterocycles. The molecule has 0 saturated carbocycles. The average Bonchev–Trinajstić information content (AvgIpc) is 3.11. The predicted molar refractivity (Wildman–Crippen MR) is 105 cm³/mol. The molecule has 1 heterocycles. The van der Waals surface area contributed by atoms with Crippen molar-refractivity contribution in [2.24, 2.45) is 5.92 Å². The van der Waals surface area contributed by atoms with Crippen molar-refractivity contribution in [2.45, 2.75) is 13.3 Å². The molecule has 28 heavy (non-hydrogen) atoms. The van der Waals surface area contributed by atoms with Crippen molar-refractivity contribution in [1.29, 1.82) is 0 Å². The van der Waals surface area contributed by atoms with E-state index < -0.39 is 11.9 Å². The standard InChI is InChI=1S/C21H22N2O5/c1-13-4-5-14(21(26)28-3)10-18(13)22-20(25)15-11-19(24)23(12-15)16-6-8-17(27-2)9-7-16/h4-10,15H,11-12H2,1-3H3,(H,22,25). The van der Waals surface area contributed by atoms with Gasteiger partial charge in [-0.3, -0.25) is 9.59 Å². The number of aryl methyl sites for hydroxylation is 1. The van der Waals surface area contributed by atoms with Gasteiger partial charge in [0.25, 0.3) is 0 Å². The van der Waals surface area contributed by atoms with Crippen molar-refractivity contribution in [3.63, 3.8) is 0 Å². The van der Waals surface area contributed by atoms with Crippen LogP contribution < -0.4 is 15.0 Å². The van der Waals surface area contributed by atoms with Gasteiger partial charge in [0.15, 0.2) is 0 Å². The number of hydrogen-bond acceptors (Lipinski definition) is 5. The van der Waals surface area contributed by atoms with Gasteiger partial charge in [-0.1, -0.05) is 6.07 Å². The zero-order valence-corrected chi connectivity index (χ0v) is 16.0. The van der Waals surface area contributed by atoms with Crippen LogP contribution in [0.4, 0.5) is 11.4 Å². The molecular formula is C21H22N2O5. The number of methoxy groups -OCH3 is 2. The van der Waals surface area contributed by atoms with Crippen LogP contribution in [0.15, 0.2) is 42.5 Å². The van der Waals surface area contributed by atoms with E-state index in [1.54, 1.807) is 54.5 Å². The molecule has 1 N–H and O–H groups in total. The molecule has 1 fully saturated rings. The van der Waals surface area contributed by atoms with Gasteiger partial charge < -0.3 is 19.7 Å². The number of ether oxygens (including phenoxy) is 2. The van der Waals surface area contributed by atoms with Crippen LogP contribution in [0.25, 0.3) is 0 Å². The van der Waals surface area contributed by atoms with Crippen LogP contribution in [-0.2, 0) is 14.3 Å². The van der Waals surface area contributed by atoms with Gasteiger partial charge in [-0.2, -0.15) is 0 Å². The van der Waals surface area contributed by atoms with E-state index in [2.05, 4.69) is 5.32 Å². The number of hydrogen-bond donors (Lipinski definition) is 1. The summed E-state index contributed by atoms with van der Waals surface area (Å²) in [6, 6.07) is 12.1. The number of anilines is 2. The molecule has 0 spiro atoms. The zero-order chi connectivity index (χ0) is 20.3. The van der Waals surface area contributed by atoms with Gasteiger partial charge in [0.1, 0.15) is 5.75 Å². The highest BCUT2D eigenvalue weighted by atomic mass is 16.5. The Bertz CT molecular complexity index is 908.